The Kier molecular flexibility index (Phi) is 4.65. The number of aromatic nitrogens is 1. The summed E-state index contributed by atoms with van der Waals surface area (Å²) in [5.41, 5.74) is 4.98. The van der Waals surface area contributed by atoms with Crippen molar-refractivity contribution in [2.45, 2.75) is 26.9 Å². The van der Waals surface area contributed by atoms with Gasteiger partial charge in [-0.2, -0.15) is 0 Å². The average Bonchev–Trinajstić information content (AvgIpc) is 2.77. The van der Waals surface area contributed by atoms with E-state index >= 15 is 0 Å². The number of hydrogen-bond donors (Lipinski definition) is 2. The molecule has 5 heteroatoms. The van der Waals surface area contributed by atoms with Gasteiger partial charge in [-0.05, 0) is 24.6 Å². The largest absolute Gasteiger partial charge is 0.326 e. The maximum Gasteiger partial charge on any atom is 0.221 e. The second-order valence-corrected chi connectivity index (χ2v) is 5.28. The van der Waals surface area contributed by atoms with E-state index in [9.17, 15) is 4.79 Å². The highest BCUT2D eigenvalue weighted by Gasteiger charge is 2.01. The topological polar surface area (TPSA) is 54.0 Å². The van der Waals surface area contributed by atoms with E-state index in [0.717, 1.165) is 24.5 Å². The highest BCUT2D eigenvalue weighted by molar-refractivity contribution is 7.09. The number of carbonyl (C=O) groups is 1. The first kappa shape index (κ1) is 13.7. The second kappa shape index (κ2) is 6.45. The van der Waals surface area contributed by atoms with E-state index in [1.54, 1.807) is 11.3 Å². The normalized spacial score (nSPS) is 10.4. The highest BCUT2D eigenvalue weighted by atomic mass is 32.1. The van der Waals surface area contributed by atoms with Crippen LogP contribution in [0, 0.1) is 6.92 Å². The molecule has 0 radical (unpaired) electrons. The summed E-state index contributed by atoms with van der Waals surface area (Å²) >= 11 is 1.67. The van der Waals surface area contributed by atoms with Gasteiger partial charge in [0.05, 0.1) is 11.2 Å². The lowest BCUT2D eigenvalue weighted by atomic mass is 10.2. The molecule has 0 saturated heterocycles. The van der Waals surface area contributed by atoms with Crippen LogP contribution in [-0.2, 0) is 17.9 Å². The zero-order valence-corrected chi connectivity index (χ0v) is 11.9. The number of benzene rings is 1. The molecule has 2 rings (SSSR count). The van der Waals surface area contributed by atoms with Gasteiger partial charge in [0, 0.05) is 30.6 Å². The third-order valence-electron chi connectivity index (χ3n) is 2.73. The van der Waals surface area contributed by atoms with Crippen LogP contribution in [0.4, 0.5) is 5.69 Å². The first-order valence-corrected chi connectivity index (χ1v) is 6.99. The van der Waals surface area contributed by atoms with Gasteiger partial charge in [-0.3, -0.25) is 4.79 Å². The van der Waals surface area contributed by atoms with E-state index in [4.69, 9.17) is 0 Å². The van der Waals surface area contributed by atoms with Crippen LogP contribution in [0.25, 0.3) is 0 Å². The van der Waals surface area contributed by atoms with Gasteiger partial charge in [-0.25, -0.2) is 4.98 Å². The predicted octanol–water partition coefficient (Wildman–Crippen LogP) is 2.70. The summed E-state index contributed by atoms with van der Waals surface area (Å²) in [4.78, 5) is 16.4. The Labute approximate surface area is 116 Å². The van der Waals surface area contributed by atoms with Gasteiger partial charge in [0.15, 0.2) is 0 Å². The minimum absolute atomic E-state index is 0.0495. The van der Waals surface area contributed by atoms with Gasteiger partial charge in [0.2, 0.25) is 5.91 Å². The minimum Gasteiger partial charge on any atom is -0.326 e. The Morgan fingerprint density at radius 1 is 1.26 bits per heavy atom. The zero-order chi connectivity index (χ0) is 13.7. The van der Waals surface area contributed by atoms with E-state index in [0.29, 0.717) is 0 Å². The molecule has 0 spiro atoms. The van der Waals surface area contributed by atoms with Crippen LogP contribution in [-0.4, -0.2) is 10.9 Å². The average molecular weight is 275 g/mol. The molecule has 0 saturated carbocycles. The van der Waals surface area contributed by atoms with Crippen LogP contribution in [0.2, 0.25) is 0 Å². The van der Waals surface area contributed by atoms with E-state index in [2.05, 4.69) is 15.6 Å². The Morgan fingerprint density at radius 3 is 2.58 bits per heavy atom. The standard InChI is InChI=1S/C14H17N3OS/c1-10-14(19-9-16-10)8-15-7-12-3-5-13(6-4-12)17-11(2)18/h3-6,9,15H,7-8H2,1-2H3,(H,17,18). The van der Waals surface area contributed by atoms with Gasteiger partial charge in [0.1, 0.15) is 0 Å². The third-order valence-corrected chi connectivity index (χ3v) is 3.67. The van der Waals surface area contributed by atoms with Crippen molar-refractivity contribution in [3.8, 4) is 0 Å². The zero-order valence-electron chi connectivity index (χ0n) is 11.1. The maximum absolute atomic E-state index is 10.9. The van der Waals surface area contributed by atoms with Crippen molar-refractivity contribution in [3.05, 3.63) is 45.9 Å². The van der Waals surface area contributed by atoms with Crippen LogP contribution in [0.15, 0.2) is 29.8 Å². The molecular formula is C14H17N3OS. The number of carbonyl (C=O) groups excluding carboxylic acids is 1. The number of amides is 1. The molecule has 0 bridgehead atoms. The van der Waals surface area contributed by atoms with Gasteiger partial charge in [-0.15, -0.1) is 11.3 Å². The summed E-state index contributed by atoms with van der Waals surface area (Å²) in [6.45, 7) is 5.17. The monoisotopic (exact) mass is 275 g/mol. The predicted molar refractivity (Wildman–Crippen MR) is 78.1 cm³/mol. The van der Waals surface area contributed by atoms with Crippen molar-refractivity contribution in [1.29, 1.82) is 0 Å². The van der Waals surface area contributed by atoms with Gasteiger partial charge in [0.25, 0.3) is 0 Å². The summed E-state index contributed by atoms with van der Waals surface area (Å²) in [6, 6.07) is 7.85. The van der Waals surface area contributed by atoms with Crippen LogP contribution in [0.1, 0.15) is 23.1 Å². The molecular weight excluding hydrogens is 258 g/mol. The van der Waals surface area contributed by atoms with E-state index in [-0.39, 0.29) is 5.91 Å². The minimum atomic E-state index is -0.0495. The number of anilines is 1. The lowest BCUT2D eigenvalue weighted by Gasteiger charge is -2.06. The maximum atomic E-state index is 10.9. The van der Waals surface area contributed by atoms with E-state index in [1.807, 2.05) is 36.7 Å². The van der Waals surface area contributed by atoms with Crippen molar-refractivity contribution in [2.75, 3.05) is 5.32 Å². The fourth-order valence-electron chi connectivity index (χ4n) is 1.73. The number of aryl methyl sites for hydroxylation is 1. The number of nitrogens with zero attached hydrogens (tertiary/aromatic N) is 1. The molecule has 4 nitrogen and oxygen atoms in total. The molecule has 19 heavy (non-hydrogen) atoms. The fourth-order valence-corrected chi connectivity index (χ4v) is 2.47. The molecule has 1 amide bonds. The molecule has 2 N–H and O–H groups in total. The van der Waals surface area contributed by atoms with Crippen molar-refractivity contribution < 1.29 is 4.79 Å². The SMILES string of the molecule is CC(=O)Nc1ccc(CNCc2scnc2C)cc1. The van der Waals surface area contributed by atoms with E-state index in [1.165, 1.54) is 17.4 Å². The Balaban J connectivity index is 1.83. The van der Waals surface area contributed by atoms with Crippen molar-refractivity contribution in [2.24, 2.45) is 0 Å². The fraction of sp³-hybridized carbons (Fsp3) is 0.286. The smallest absolute Gasteiger partial charge is 0.221 e. The summed E-state index contributed by atoms with van der Waals surface area (Å²) < 4.78 is 0. The van der Waals surface area contributed by atoms with Gasteiger partial charge >= 0.3 is 0 Å². The van der Waals surface area contributed by atoms with Crippen LogP contribution in [0.5, 0.6) is 0 Å². The Bertz CT molecular complexity index is 548. The molecule has 1 heterocycles. The summed E-state index contributed by atoms with van der Waals surface area (Å²) in [5.74, 6) is -0.0495. The molecule has 0 aliphatic rings. The molecule has 0 atom stereocenters. The first-order valence-electron chi connectivity index (χ1n) is 6.11. The second-order valence-electron chi connectivity index (χ2n) is 4.34. The highest BCUT2D eigenvalue weighted by Crippen LogP contribution is 2.12. The molecule has 2 aromatic rings. The lowest BCUT2D eigenvalue weighted by molar-refractivity contribution is -0.114. The Hall–Kier alpha value is -1.72. The molecule has 0 aliphatic heterocycles. The summed E-state index contributed by atoms with van der Waals surface area (Å²) in [7, 11) is 0. The van der Waals surface area contributed by atoms with Crippen LogP contribution < -0.4 is 10.6 Å². The quantitative estimate of drug-likeness (QED) is 0.882. The number of hydrogen-bond acceptors (Lipinski definition) is 4. The first-order chi connectivity index (χ1) is 9.15. The molecule has 100 valence electrons. The van der Waals surface area contributed by atoms with Gasteiger partial charge in [-0.1, -0.05) is 12.1 Å². The number of nitrogens with one attached hydrogen (secondary N) is 2. The Morgan fingerprint density at radius 2 is 2.00 bits per heavy atom. The molecule has 1 aromatic carbocycles. The third kappa shape index (κ3) is 4.15. The van der Waals surface area contributed by atoms with Crippen LogP contribution in [0.3, 0.4) is 0 Å². The van der Waals surface area contributed by atoms with Crippen LogP contribution >= 0.6 is 11.3 Å². The van der Waals surface area contributed by atoms with Gasteiger partial charge < -0.3 is 10.6 Å². The molecule has 1 aromatic heterocycles. The van der Waals surface area contributed by atoms with E-state index < -0.39 is 0 Å². The molecule has 0 unspecified atom stereocenters. The molecule has 0 aliphatic carbocycles. The molecule has 0 fully saturated rings. The number of thiazole rings is 1. The lowest BCUT2D eigenvalue weighted by Crippen LogP contribution is -2.12. The summed E-state index contributed by atoms with van der Waals surface area (Å²) in [6.07, 6.45) is 0. The summed E-state index contributed by atoms with van der Waals surface area (Å²) in [5, 5.41) is 6.14. The number of rotatable bonds is 5. The van der Waals surface area contributed by atoms with Crippen molar-refractivity contribution >= 4 is 22.9 Å². The van der Waals surface area contributed by atoms with Crippen molar-refractivity contribution in [3.63, 3.8) is 0 Å². The van der Waals surface area contributed by atoms with Crippen molar-refractivity contribution in [1.82, 2.24) is 10.3 Å².